The van der Waals surface area contributed by atoms with E-state index in [1.54, 1.807) is 0 Å². The van der Waals surface area contributed by atoms with Crippen molar-refractivity contribution in [3.63, 3.8) is 0 Å². The third-order valence-electron chi connectivity index (χ3n) is 13.7. The predicted octanol–water partition coefficient (Wildman–Crippen LogP) is 17.1. The van der Waals surface area contributed by atoms with Gasteiger partial charge in [0, 0.05) is 33.4 Å². The van der Waals surface area contributed by atoms with Gasteiger partial charge in [-0.05, 0) is 114 Å². The molecule has 0 unspecified atom stereocenters. The second-order valence-corrected chi connectivity index (χ2v) is 17.2. The van der Waals surface area contributed by atoms with Gasteiger partial charge in [-0.2, -0.15) is 0 Å². The van der Waals surface area contributed by atoms with Crippen LogP contribution in [0.4, 0.5) is 17.1 Å². The summed E-state index contributed by atoms with van der Waals surface area (Å²) in [7, 11) is 0. The van der Waals surface area contributed by atoms with E-state index in [0.717, 1.165) is 55.7 Å². The molecule has 1 aliphatic rings. The zero-order valence-corrected chi connectivity index (χ0v) is 35.5. The Morgan fingerprint density at radius 2 is 0.862 bits per heavy atom. The summed E-state index contributed by atoms with van der Waals surface area (Å²) in [6.07, 6.45) is 0. The number of furan rings is 1. The number of hydrogen-bond acceptors (Lipinski definition) is 2. The van der Waals surface area contributed by atoms with Crippen LogP contribution in [-0.4, -0.2) is 0 Å². The van der Waals surface area contributed by atoms with Gasteiger partial charge in [-0.1, -0.05) is 206 Å². The molecule has 2 nitrogen and oxygen atoms in total. The van der Waals surface area contributed by atoms with Crippen molar-refractivity contribution in [2.24, 2.45) is 0 Å². The molecule has 1 aromatic heterocycles. The molecule has 12 aromatic rings. The van der Waals surface area contributed by atoms with Crippen LogP contribution in [0.2, 0.25) is 0 Å². The summed E-state index contributed by atoms with van der Waals surface area (Å²) >= 11 is 0. The molecule has 0 amide bonds. The van der Waals surface area contributed by atoms with Gasteiger partial charge in [0.15, 0.2) is 0 Å². The van der Waals surface area contributed by atoms with Crippen LogP contribution >= 0.6 is 0 Å². The maximum Gasteiger partial charge on any atom is 0.143 e. The fourth-order valence-electron chi connectivity index (χ4n) is 10.9. The summed E-state index contributed by atoms with van der Waals surface area (Å²) in [4.78, 5) is 2.44. The van der Waals surface area contributed by atoms with Gasteiger partial charge in [-0.25, -0.2) is 0 Å². The standard InChI is InChI=1S/C63H41NO/c1-3-20-45(21-4-1)63(46-22-5-2-6-23-46)59-33-11-9-27-55(59)56-38-36-49(41-60(56)63)64(48-25-14-19-44(40-48)52-30-16-32-58-57-28-10-12-34-61(57)65-62(52)58)47-24-13-18-43(39-47)51-29-15-31-53-50-26-8-7-17-42(50)35-37-54(51)53/h1-41H. The normalized spacial score (nSPS) is 12.7. The highest BCUT2D eigenvalue weighted by Crippen LogP contribution is 2.57. The van der Waals surface area contributed by atoms with Crippen LogP contribution in [-0.2, 0) is 5.41 Å². The lowest BCUT2D eigenvalue weighted by molar-refractivity contribution is 0.670. The van der Waals surface area contributed by atoms with Gasteiger partial charge in [0.05, 0.1) is 5.41 Å². The second kappa shape index (κ2) is 14.8. The van der Waals surface area contributed by atoms with Crippen LogP contribution in [0.15, 0.2) is 253 Å². The molecule has 0 radical (unpaired) electrons. The molecule has 0 saturated heterocycles. The van der Waals surface area contributed by atoms with Gasteiger partial charge in [-0.15, -0.1) is 0 Å². The van der Waals surface area contributed by atoms with E-state index in [1.807, 2.05) is 6.07 Å². The first-order valence-electron chi connectivity index (χ1n) is 22.4. The zero-order valence-electron chi connectivity index (χ0n) is 35.5. The monoisotopic (exact) mass is 827 g/mol. The SMILES string of the molecule is c1ccc(C2(c3ccccc3)c3ccccc3-c3ccc(N(c4cccc(-c5cccc6c5ccc5ccccc56)c4)c4cccc(-c5cccc6c5oc5ccccc56)c4)cc32)cc1. The molecule has 1 aliphatic carbocycles. The number of fused-ring (bicyclic) bond motifs is 9. The van der Waals surface area contributed by atoms with Gasteiger partial charge in [0.2, 0.25) is 0 Å². The Bertz CT molecular complexity index is 3750. The van der Waals surface area contributed by atoms with Crippen molar-refractivity contribution < 1.29 is 4.42 Å². The minimum absolute atomic E-state index is 0.539. The Hall–Kier alpha value is -8.46. The molecule has 0 atom stereocenters. The lowest BCUT2D eigenvalue weighted by Gasteiger charge is -2.35. The van der Waals surface area contributed by atoms with E-state index in [0.29, 0.717) is 0 Å². The quantitative estimate of drug-likeness (QED) is 0.149. The summed E-state index contributed by atoms with van der Waals surface area (Å²) < 4.78 is 6.61. The number of rotatable bonds is 7. The maximum atomic E-state index is 6.61. The molecule has 0 aliphatic heterocycles. The van der Waals surface area contributed by atoms with E-state index < -0.39 is 5.41 Å². The molecule has 0 bridgehead atoms. The number of hydrogen-bond donors (Lipinski definition) is 0. The van der Waals surface area contributed by atoms with Crippen LogP contribution in [0.25, 0.3) is 76.9 Å². The lowest BCUT2D eigenvalue weighted by Crippen LogP contribution is -2.28. The Balaban J connectivity index is 1.05. The van der Waals surface area contributed by atoms with Gasteiger partial charge in [0.1, 0.15) is 11.2 Å². The first-order chi connectivity index (χ1) is 32.2. The van der Waals surface area contributed by atoms with Crippen LogP contribution in [0.5, 0.6) is 0 Å². The Kier molecular flexibility index (Phi) is 8.47. The molecule has 1 heterocycles. The Labute approximate surface area is 377 Å². The third kappa shape index (κ3) is 5.74. The maximum absolute atomic E-state index is 6.61. The third-order valence-corrected chi connectivity index (χ3v) is 13.7. The number of benzene rings is 11. The van der Waals surface area contributed by atoms with E-state index in [4.69, 9.17) is 4.42 Å². The van der Waals surface area contributed by atoms with Crippen molar-refractivity contribution in [2.45, 2.75) is 5.41 Å². The van der Waals surface area contributed by atoms with Crippen LogP contribution < -0.4 is 4.90 Å². The smallest absolute Gasteiger partial charge is 0.143 e. The van der Waals surface area contributed by atoms with Crippen molar-refractivity contribution in [1.29, 1.82) is 0 Å². The van der Waals surface area contributed by atoms with Gasteiger partial charge in [-0.3, -0.25) is 0 Å². The lowest BCUT2D eigenvalue weighted by atomic mass is 9.67. The van der Waals surface area contributed by atoms with E-state index in [1.165, 1.54) is 60.5 Å². The highest BCUT2D eigenvalue weighted by molar-refractivity contribution is 6.12. The Morgan fingerprint density at radius 3 is 1.63 bits per heavy atom. The predicted molar refractivity (Wildman–Crippen MR) is 272 cm³/mol. The average Bonchev–Trinajstić information content (AvgIpc) is 3.91. The van der Waals surface area contributed by atoms with Crippen LogP contribution in [0.3, 0.4) is 0 Å². The van der Waals surface area contributed by atoms with E-state index >= 15 is 0 Å². The van der Waals surface area contributed by atoms with Gasteiger partial charge in [0.25, 0.3) is 0 Å². The minimum Gasteiger partial charge on any atom is -0.455 e. The van der Waals surface area contributed by atoms with Crippen molar-refractivity contribution in [3.8, 4) is 33.4 Å². The molecule has 0 N–H and O–H groups in total. The zero-order chi connectivity index (χ0) is 42.9. The topological polar surface area (TPSA) is 16.4 Å². The number of nitrogens with zero attached hydrogens (tertiary/aromatic N) is 1. The molecule has 0 spiro atoms. The first kappa shape index (κ1) is 37.1. The van der Waals surface area contributed by atoms with Crippen LogP contribution in [0.1, 0.15) is 22.3 Å². The minimum atomic E-state index is -0.539. The van der Waals surface area contributed by atoms with E-state index in [9.17, 15) is 0 Å². The summed E-state index contributed by atoms with van der Waals surface area (Å²) in [5.41, 5.74) is 16.5. The summed E-state index contributed by atoms with van der Waals surface area (Å²) in [6, 6.07) is 90.9. The molecule has 65 heavy (non-hydrogen) atoms. The fourth-order valence-corrected chi connectivity index (χ4v) is 10.9. The van der Waals surface area contributed by atoms with Gasteiger partial charge < -0.3 is 9.32 Å². The molecular formula is C63H41NO. The summed E-state index contributed by atoms with van der Waals surface area (Å²) in [5, 5.41) is 7.25. The van der Waals surface area contributed by atoms with Crippen molar-refractivity contribution >= 4 is 60.5 Å². The molecule has 304 valence electrons. The highest BCUT2D eigenvalue weighted by Gasteiger charge is 2.46. The summed E-state index contributed by atoms with van der Waals surface area (Å²) in [6.45, 7) is 0. The van der Waals surface area contributed by atoms with Crippen LogP contribution in [0, 0.1) is 0 Å². The van der Waals surface area contributed by atoms with Crippen molar-refractivity contribution in [1.82, 2.24) is 0 Å². The number of anilines is 3. The van der Waals surface area contributed by atoms with Gasteiger partial charge >= 0.3 is 0 Å². The molecule has 2 heteroatoms. The van der Waals surface area contributed by atoms with Crippen molar-refractivity contribution in [3.05, 3.63) is 271 Å². The average molecular weight is 828 g/mol. The van der Waals surface area contributed by atoms with E-state index in [2.05, 4.69) is 248 Å². The Morgan fingerprint density at radius 1 is 0.308 bits per heavy atom. The summed E-state index contributed by atoms with van der Waals surface area (Å²) in [5.74, 6) is 0. The molecule has 11 aromatic carbocycles. The fraction of sp³-hybridized carbons (Fsp3) is 0.0159. The van der Waals surface area contributed by atoms with E-state index in [-0.39, 0.29) is 0 Å². The number of para-hydroxylation sites is 2. The largest absolute Gasteiger partial charge is 0.455 e. The molecule has 0 fully saturated rings. The first-order valence-corrected chi connectivity index (χ1v) is 22.4. The van der Waals surface area contributed by atoms with Crippen molar-refractivity contribution in [2.75, 3.05) is 4.90 Å². The molecule has 0 saturated carbocycles. The molecule has 13 rings (SSSR count). The second-order valence-electron chi connectivity index (χ2n) is 17.2. The molecular weight excluding hydrogens is 787 g/mol. The highest BCUT2D eigenvalue weighted by atomic mass is 16.3.